The van der Waals surface area contributed by atoms with Gasteiger partial charge in [-0.05, 0) is 37.1 Å². The highest BCUT2D eigenvalue weighted by molar-refractivity contribution is 7.99. The number of benzene rings is 1. The van der Waals surface area contributed by atoms with E-state index in [9.17, 15) is 9.59 Å². The largest absolute Gasteiger partial charge is 0.349 e. The minimum Gasteiger partial charge on any atom is -0.349 e. The second kappa shape index (κ2) is 7.11. The zero-order valence-electron chi connectivity index (χ0n) is 12.7. The maximum atomic E-state index is 12.3. The molecule has 2 heterocycles. The highest BCUT2D eigenvalue weighted by atomic mass is 35.5. The van der Waals surface area contributed by atoms with E-state index in [0.29, 0.717) is 18.0 Å². The Morgan fingerprint density at radius 3 is 3.04 bits per heavy atom. The number of hydrogen-bond acceptors (Lipinski definition) is 4. The van der Waals surface area contributed by atoms with E-state index < -0.39 is 0 Å². The van der Waals surface area contributed by atoms with Crippen LogP contribution in [0.25, 0.3) is 0 Å². The van der Waals surface area contributed by atoms with Crippen LogP contribution in [-0.2, 0) is 11.3 Å². The van der Waals surface area contributed by atoms with E-state index in [4.69, 9.17) is 11.6 Å². The minimum absolute atomic E-state index is 0.00209. The predicted molar refractivity (Wildman–Crippen MR) is 95.6 cm³/mol. The van der Waals surface area contributed by atoms with Crippen molar-refractivity contribution in [3.8, 4) is 0 Å². The lowest BCUT2D eigenvalue weighted by Gasteiger charge is -2.26. The fourth-order valence-corrected chi connectivity index (χ4v) is 4.72. The van der Waals surface area contributed by atoms with Crippen LogP contribution < -0.4 is 10.2 Å². The lowest BCUT2D eigenvalue weighted by Crippen LogP contribution is -2.32. The van der Waals surface area contributed by atoms with Crippen LogP contribution in [-0.4, -0.2) is 16.2 Å². The van der Waals surface area contributed by atoms with Gasteiger partial charge >= 0.3 is 4.87 Å². The van der Waals surface area contributed by atoms with Gasteiger partial charge in [0.1, 0.15) is 0 Å². The van der Waals surface area contributed by atoms with Crippen LogP contribution in [0.15, 0.2) is 33.3 Å². The summed E-state index contributed by atoms with van der Waals surface area (Å²) in [6.45, 7) is 2.30. The Morgan fingerprint density at radius 1 is 1.48 bits per heavy atom. The van der Waals surface area contributed by atoms with Crippen LogP contribution in [0.4, 0.5) is 0 Å². The van der Waals surface area contributed by atoms with Crippen molar-refractivity contribution in [1.82, 2.24) is 9.88 Å². The van der Waals surface area contributed by atoms with Gasteiger partial charge in [0.15, 0.2) is 0 Å². The number of fused-ring (bicyclic) bond motifs is 1. The van der Waals surface area contributed by atoms with Crippen molar-refractivity contribution < 1.29 is 4.79 Å². The lowest BCUT2D eigenvalue weighted by molar-refractivity contribution is -0.122. The number of aryl methyl sites for hydroxylation is 1. The third kappa shape index (κ3) is 3.82. The molecular formula is C16H17ClN2O2S2. The van der Waals surface area contributed by atoms with E-state index in [2.05, 4.69) is 5.32 Å². The minimum atomic E-state index is -0.0367. The number of thioether (sulfide) groups is 1. The fraction of sp³-hybridized carbons (Fsp3) is 0.375. The molecule has 1 aromatic heterocycles. The summed E-state index contributed by atoms with van der Waals surface area (Å²) in [5, 5.41) is 5.58. The second-order valence-corrected chi connectivity index (χ2v) is 7.88. The molecule has 0 saturated heterocycles. The molecule has 0 saturated carbocycles. The van der Waals surface area contributed by atoms with Crippen molar-refractivity contribution in [3.05, 3.63) is 49.5 Å². The van der Waals surface area contributed by atoms with Crippen LogP contribution in [0, 0.1) is 6.92 Å². The van der Waals surface area contributed by atoms with Crippen molar-refractivity contribution in [2.24, 2.45) is 0 Å². The smallest absolute Gasteiger partial charge is 0.307 e. The average Bonchev–Trinajstić information content (AvgIpc) is 2.84. The molecule has 0 bridgehead atoms. The molecule has 1 amide bonds. The van der Waals surface area contributed by atoms with Crippen molar-refractivity contribution in [2.75, 3.05) is 5.75 Å². The topological polar surface area (TPSA) is 51.1 Å². The van der Waals surface area contributed by atoms with Crippen LogP contribution in [0.3, 0.4) is 0 Å². The number of nitrogens with zero attached hydrogens (tertiary/aromatic N) is 1. The Morgan fingerprint density at radius 2 is 2.30 bits per heavy atom. The molecule has 3 rings (SSSR count). The molecular weight excluding hydrogens is 352 g/mol. The number of thiazole rings is 1. The van der Waals surface area contributed by atoms with Crippen molar-refractivity contribution >= 4 is 40.6 Å². The summed E-state index contributed by atoms with van der Waals surface area (Å²) >= 11 is 9.04. The molecule has 0 fully saturated rings. The third-order valence-corrected chi connectivity index (χ3v) is 6.12. The molecule has 4 nitrogen and oxygen atoms in total. The highest BCUT2D eigenvalue weighted by Crippen LogP contribution is 2.37. The average molecular weight is 369 g/mol. The number of amides is 1. The van der Waals surface area contributed by atoms with E-state index in [1.807, 2.05) is 30.5 Å². The summed E-state index contributed by atoms with van der Waals surface area (Å²) in [7, 11) is 0. The van der Waals surface area contributed by atoms with Gasteiger partial charge < -0.3 is 9.88 Å². The van der Waals surface area contributed by atoms with Gasteiger partial charge in [0.05, 0.1) is 6.04 Å². The Bertz CT molecular complexity index is 785. The van der Waals surface area contributed by atoms with Crippen molar-refractivity contribution in [1.29, 1.82) is 0 Å². The molecule has 1 atom stereocenters. The number of aromatic nitrogens is 1. The first-order chi connectivity index (χ1) is 11.0. The van der Waals surface area contributed by atoms with Gasteiger partial charge in [0.25, 0.3) is 0 Å². The van der Waals surface area contributed by atoms with E-state index in [-0.39, 0.29) is 16.8 Å². The lowest BCUT2D eigenvalue weighted by atomic mass is 10.0. The summed E-state index contributed by atoms with van der Waals surface area (Å²) in [6, 6.07) is 5.82. The SMILES string of the molecule is Cc1csc(=O)n1CCC(=O)NC1CCSc2ccc(Cl)cc21. The maximum absolute atomic E-state index is 12.3. The predicted octanol–water partition coefficient (Wildman–Crippen LogP) is 3.62. The monoisotopic (exact) mass is 368 g/mol. The molecule has 1 aliphatic rings. The second-order valence-electron chi connectivity index (χ2n) is 5.48. The molecule has 0 aliphatic carbocycles. The first kappa shape index (κ1) is 16.6. The molecule has 1 aliphatic heterocycles. The zero-order chi connectivity index (χ0) is 16.4. The Hall–Kier alpha value is -1.24. The van der Waals surface area contributed by atoms with Gasteiger partial charge in [-0.15, -0.1) is 11.8 Å². The first-order valence-corrected chi connectivity index (χ1v) is 9.65. The molecule has 122 valence electrons. The number of hydrogen-bond donors (Lipinski definition) is 1. The summed E-state index contributed by atoms with van der Waals surface area (Å²) in [5.41, 5.74) is 1.99. The van der Waals surface area contributed by atoms with Gasteiger partial charge in [0.2, 0.25) is 5.91 Å². The van der Waals surface area contributed by atoms with Gasteiger partial charge in [-0.2, -0.15) is 0 Å². The normalized spacial score (nSPS) is 16.9. The number of nitrogens with one attached hydrogen (secondary N) is 1. The molecule has 2 aromatic rings. The molecule has 1 N–H and O–H groups in total. The van der Waals surface area contributed by atoms with Crippen LogP contribution in [0.1, 0.15) is 30.1 Å². The summed E-state index contributed by atoms with van der Waals surface area (Å²) in [4.78, 5) is 25.1. The van der Waals surface area contributed by atoms with Crippen molar-refractivity contribution in [2.45, 2.75) is 37.2 Å². The Labute approximate surface area is 147 Å². The number of halogens is 1. The van der Waals surface area contributed by atoms with Gasteiger partial charge in [0, 0.05) is 39.7 Å². The highest BCUT2D eigenvalue weighted by Gasteiger charge is 2.22. The van der Waals surface area contributed by atoms with Gasteiger partial charge in [-0.3, -0.25) is 9.59 Å². The number of carbonyl (C=O) groups excluding carboxylic acids is 1. The number of rotatable bonds is 4. The molecule has 0 spiro atoms. The van der Waals surface area contributed by atoms with Crippen LogP contribution >= 0.6 is 34.7 Å². The van der Waals surface area contributed by atoms with E-state index in [0.717, 1.165) is 23.4 Å². The molecule has 1 aromatic carbocycles. The van der Waals surface area contributed by atoms with E-state index in [1.54, 1.807) is 16.3 Å². The van der Waals surface area contributed by atoms with Crippen molar-refractivity contribution in [3.63, 3.8) is 0 Å². The first-order valence-electron chi connectivity index (χ1n) is 7.41. The summed E-state index contributed by atoms with van der Waals surface area (Å²) in [5.74, 6) is 0.938. The van der Waals surface area contributed by atoms with E-state index >= 15 is 0 Å². The molecule has 1 unspecified atom stereocenters. The summed E-state index contributed by atoms with van der Waals surface area (Å²) < 4.78 is 1.64. The van der Waals surface area contributed by atoms with Crippen LogP contribution in [0.5, 0.6) is 0 Å². The molecule has 0 radical (unpaired) electrons. The Balaban J connectivity index is 1.65. The molecule has 23 heavy (non-hydrogen) atoms. The van der Waals surface area contributed by atoms with Gasteiger partial charge in [-0.25, -0.2) is 0 Å². The van der Waals surface area contributed by atoms with Gasteiger partial charge in [-0.1, -0.05) is 22.9 Å². The third-order valence-electron chi connectivity index (χ3n) is 3.89. The standard InChI is InChI=1S/C16H17ClN2O2S2/c1-10-9-23-16(21)19(10)6-4-15(20)18-13-5-7-22-14-3-2-11(17)8-12(13)14/h2-3,8-9,13H,4-7H2,1H3,(H,18,20). The fourth-order valence-electron chi connectivity index (χ4n) is 2.67. The summed E-state index contributed by atoms with van der Waals surface area (Å²) in [6.07, 6.45) is 1.19. The maximum Gasteiger partial charge on any atom is 0.307 e. The van der Waals surface area contributed by atoms with Crippen LogP contribution in [0.2, 0.25) is 5.02 Å². The quantitative estimate of drug-likeness (QED) is 0.896. The zero-order valence-corrected chi connectivity index (χ0v) is 15.1. The number of carbonyl (C=O) groups is 1. The van der Waals surface area contributed by atoms with E-state index in [1.165, 1.54) is 16.2 Å². The Kier molecular flexibility index (Phi) is 5.14. The molecule has 7 heteroatoms.